The monoisotopic (exact) mass is 382 g/mol. The van der Waals surface area contributed by atoms with Crippen molar-refractivity contribution in [2.45, 2.75) is 52.9 Å². The molecule has 0 saturated heterocycles. The Balaban J connectivity index is 1.87. The van der Waals surface area contributed by atoms with Crippen molar-refractivity contribution in [1.29, 1.82) is 0 Å². The summed E-state index contributed by atoms with van der Waals surface area (Å²) in [6, 6.07) is 10.0. The number of rotatable bonds is 8. The van der Waals surface area contributed by atoms with Gasteiger partial charge in [-0.05, 0) is 61.9 Å². The van der Waals surface area contributed by atoms with E-state index in [0.717, 1.165) is 41.3 Å². The summed E-state index contributed by atoms with van der Waals surface area (Å²) >= 11 is 0. The summed E-state index contributed by atoms with van der Waals surface area (Å²) in [6.45, 7) is 10.9. The van der Waals surface area contributed by atoms with Crippen molar-refractivity contribution in [3.8, 4) is 0 Å². The molecule has 0 saturated carbocycles. The molecule has 0 bridgehead atoms. The minimum atomic E-state index is 0.0761. The maximum atomic E-state index is 5.49. The van der Waals surface area contributed by atoms with Gasteiger partial charge in [0.25, 0.3) is 0 Å². The molecule has 0 fully saturated rings. The van der Waals surface area contributed by atoms with Crippen LogP contribution < -0.4 is 0 Å². The lowest BCUT2D eigenvalue weighted by atomic mass is 9.87. The topological polar surface area (TPSA) is 69.0 Å². The molecule has 6 heteroatoms. The number of nitrogens with zero attached hydrogens (tertiary/aromatic N) is 4. The van der Waals surface area contributed by atoms with E-state index in [1.807, 2.05) is 44.3 Å². The van der Waals surface area contributed by atoms with E-state index in [1.165, 1.54) is 12.7 Å². The van der Waals surface area contributed by atoms with Crippen LogP contribution >= 0.6 is 0 Å². The van der Waals surface area contributed by atoms with Crippen molar-refractivity contribution in [3.05, 3.63) is 59.2 Å². The van der Waals surface area contributed by atoms with Crippen molar-refractivity contribution in [2.24, 2.45) is 10.3 Å². The Labute approximate surface area is 167 Å². The zero-order valence-electron chi connectivity index (χ0n) is 17.7. The number of aromatic nitrogens is 2. The average molecular weight is 383 g/mol. The molecule has 2 rings (SSSR count). The Kier molecular flexibility index (Phi) is 7.67. The van der Waals surface area contributed by atoms with Gasteiger partial charge in [0.2, 0.25) is 0 Å². The van der Waals surface area contributed by atoms with Crippen LogP contribution in [0.15, 0.2) is 46.8 Å². The second kappa shape index (κ2) is 9.97. The second-order valence-electron chi connectivity index (χ2n) is 7.67. The number of hydrogen-bond acceptors (Lipinski definition) is 6. The van der Waals surface area contributed by atoms with Crippen molar-refractivity contribution in [1.82, 2.24) is 9.97 Å². The first-order chi connectivity index (χ1) is 13.3. The van der Waals surface area contributed by atoms with Crippen molar-refractivity contribution in [2.75, 3.05) is 13.7 Å². The zero-order valence-corrected chi connectivity index (χ0v) is 17.7. The van der Waals surface area contributed by atoms with Gasteiger partial charge in [0.15, 0.2) is 0 Å². The van der Waals surface area contributed by atoms with E-state index in [-0.39, 0.29) is 5.41 Å². The Morgan fingerprint density at radius 1 is 1.04 bits per heavy atom. The first-order valence-corrected chi connectivity index (χ1v) is 9.49. The molecule has 0 atom stereocenters. The molecule has 2 aromatic rings. The highest BCUT2D eigenvalue weighted by Gasteiger charge is 2.14. The molecule has 2 heterocycles. The maximum Gasteiger partial charge on any atom is 0.117 e. The predicted molar refractivity (Wildman–Crippen MR) is 113 cm³/mol. The smallest absolute Gasteiger partial charge is 0.117 e. The highest BCUT2D eigenvalue weighted by Crippen LogP contribution is 2.22. The van der Waals surface area contributed by atoms with Crippen molar-refractivity contribution >= 4 is 11.4 Å². The molecule has 0 aliphatic rings. The summed E-state index contributed by atoms with van der Waals surface area (Å²) in [5, 5.41) is 8.14. The zero-order chi connectivity index (χ0) is 20.6. The Morgan fingerprint density at radius 2 is 1.79 bits per heavy atom. The first kappa shape index (κ1) is 21.5. The second-order valence-corrected chi connectivity index (χ2v) is 7.67. The molecule has 0 radical (unpaired) electrons. The van der Waals surface area contributed by atoms with Crippen LogP contribution in [0, 0.1) is 0 Å². The molecule has 6 nitrogen and oxygen atoms in total. The van der Waals surface area contributed by atoms with Crippen LogP contribution in [0.25, 0.3) is 0 Å². The van der Waals surface area contributed by atoms with Crippen LogP contribution in [0.2, 0.25) is 0 Å². The predicted octanol–water partition coefficient (Wildman–Crippen LogP) is 4.52. The normalized spacial score (nSPS) is 12.8. The lowest BCUT2D eigenvalue weighted by Gasteiger charge is -2.19. The van der Waals surface area contributed by atoms with Crippen molar-refractivity contribution < 1.29 is 9.68 Å². The van der Waals surface area contributed by atoms with Crippen LogP contribution in [0.4, 0.5) is 0 Å². The fourth-order valence-electron chi connectivity index (χ4n) is 2.61. The van der Waals surface area contributed by atoms with Crippen LogP contribution in [0.3, 0.4) is 0 Å². The number of aryl methyl sites for hydroxylation is 1. The third-order valence-electron chi connectivity index (χ3n) is 4.27. The molecule has 0 unspecified atom stereocenters. The van der Waals surface area contributed by atoms with Gasteiger partial charge in [0.05, 0.1) is 11.4 Å². The van der Waals surface area contributed by atoms with E-state index in [2.05, 4.69) is 47.1 Å². The molecular formula is C22H30N4O2. The summed E-state index contributed by atoms with van der Waals surface area (Å²) in [7, 11) is 1.53. The van der Waals surface area contributed by atoms with Gasteiger partial charge in [-0.2, -0.15) is 0 Å². The van der Waals surface area contributed by atoms with E-state index in [4.69, 9.17) is 9.68 Å². The molecule has 0 aliphatic carbocycles. The summed E-state index contributed by atoms with van der Waals surface area (Å²) in [6.07, 6.45) is 3.45. The van der Waals surface area contributed by atoms with E-state index in [1.54, 1.807) is 0 Å². The van der Waals surface area contributed by atoms with Gasteiger partial charge < -0.3 is 9.68 Å². The van der Waals surface area contributed by atoms with Crippen LogP contribution in [-0.4, -0.2) is 35.1 Å². The number of oxime groups is 2. The molecule has 2 aromatic heterocycles. The van der Waals surface area contributed by atoms with E-state index in [9.17, 15) is 0 Å². The molecule has 150 valence electrons. The van der Waals surface area contributed by atoms with Gasteiger partial charge in [0.1, 0.15) is 25.1 Å². The van der Waals surface area contributed by atoms with Gasteiger partial charge in [-0.15, -0.1) is 0 Å². The number of hydrogen-bond donors (Lipinski definition) is 0. The standard InChI is InChI=1S/C22H30N4O2/c1-16(25-27-6)20-11-7-9-19(24-20)10-8-14-28-26-17(2)21-15-18(12-13-23-21)22(3,4)5/h7,9,11-13,15H,8,10,14H2,1-6H3. The minimum absolute atomic E-state index is 0.0761. The van der Waals surface area contributed by atoms with Crippen LogP contribution in [0.5, 0.6) is 0 Å². The van der Waals surface area contributed by atoms with Gasteiger partial charge in [-0.1, -0.05) is 37.1 Å². The lowest BCUT2D eigenvalue weighted by molar-refractivity contribution is 0.141. The largest absolute Gasteiger partial charge is 0.399 e. The Morgan fingerprint density at radius 3 is 2.50 bits per heavy atom. The molecule has 0 aromatic carbocycles. The quantitative estimate of drug-likeness (QED) is 0.382. The minimum Gasteiger partial charge on any atom is -0.399 e. The van der Waals surface area contributed by atoms with Gasteiger partial charge in [0, 0.05) is 11.9 Å². The lowest BCUT2D eigenvalue weighted by Crippen LogP contribution is -2.13. The summed E-state index contributed by atoms with van der Waals surface area (Å²) in [5.41, 5.74) is 5.49. The third-order valence-corrected chi connectivity index (χ3v) is 4.27. The van der Waals surface area contributed by atoms with Crippen LogP contribution in [-0.2, 0) is 21.5 Å². The molecule has 0 N–H and O–H groups in total. The first-order valence-electron chi connectivity index (χ1n) is 9.49. The van der Waals surface area contributed by atoms with Crippen molar-refractivity contribution in [3.63, 3.8) is 0 Å². The van der Waals surface area contributed by atoms with Gasteiger partial charge in [-0.25, -0.2) is 0 Å². The maximum absolute atomic E-state index is 5.49. The fourth-order valence-corrected chi connectivity index (χ4v) is 2.61. The van der Waals surface area contributed by atoms with E-state index in [0.29, 0.717) is 6.61 Å². The molecule has 0 amide bonds. The molecular weight excluding hydrogens is 352 g/mol. The summed E-state index contributed by atoms with van der Waals surface area (Å²) in [5.74, 6) is 0. The average Bonchev–Trinajstić information content (AvgIpc) is 2.67. The number of pyridine rings is 2. The third kappa shape index (κ3) is 6.44. The fraction of sp³-hybridized carbons (Fsp3) is 0.455. The SMILES string of the molecule is CON=C(C)c1cccc(CCCON=C(C)c2cc(C(C)(C)C)ccn2)n1. The summed E-state index contributed by atoms with van der Waals surface area (Å²) < 4.78 is 0. The summed E-state index contributed by atoms with van der Waals surface area (Å²) in [4.78, 5) is 19.3. The Bertz CT molecular complexity index is 838. The molecule has 0 aliphatic heterocycles. The molecule has 0 spiro atoms. The molecule has 28 heavy (non-hydrogen) atoms. The van der Waals surface area contributed by atoms with E-state index >= 15 is 0 Å². The van der Waals surface area contributed by atoms with Gasteiger partial charge >= 0.3 is 0 Å². The van der Waals surface area contributed by atoms with Gasteiger partial charge in [-0.3, -0.25) is 9.97 Å². The highest BCUT2D eigenvalue weighted by atomic mass is 16.6. The Hall–Kier alpha value is -2.76. The van der Waals surface area contributed by atoms with E-state index < -0.39 is 0 Å². The highest BCUT2D eigenvalue weighted by molar-refractivity contribution is 5.97. The van der Waals surface area contributed by atoms with Crippen LogP contribution in [0.1, 0.15) is 63.7 Å².